The fourth-order valence-corrected chi connectivity index (χ4v) is 10.3. The molecule has 25 nitrogen and oxygen atoms in total. The Labute approximate surface area is 510 Å². The first kappa shape index (κ1) is 79.0. The van der Waals surface area contributed by atoms with Gasteiger partial charge in [-0.05, 0) is 36.8 Å². The SMILES string of the molecule is [C-]#[N+]C(C)(CCC(=O)CCCOCCOCCOCCOCCOCCOCCOCCOCCOCCOCCOCCOCC(=O)CCCCCCO[C@@H]1O[C@H](COC(C)=O)[C@H](OC(C)=O)[C@H](OC(C)=O)[C@H]1NC(C)=O)SC(=S)SCC. The van der Waals surface area contributed by atoms with Crippen LogP contribution in [0.3, 0.4) is 0 Å². The molecule has 0 aliphatic carbocycles. The average molecular weight is 1260 g/mol. The molecule has 0 aromatic heterocycles. The monoisotopic (exact) mass is 1260 g/mol. The molecular formula is C56H96N2O23S3. The molecule has 1 fully saturated rings. The third-order valence-corrected chi connectivity index (χ3v) is 14.1. The normalized spacial score (nSPS) is 17.5. The Hall–Kier alpha value is -3.06. The van der Waals surface area contributed by atoms with E-state index >= 15 is 0 Å². The number of esters is 3. The molecule has 0 aromatic rings. The molecule has 1 N–H and O–H groups in total. The molecule has 0 aromatic carbocycles. The molecule has 1 rings (SSSR count). The summed E-state index contributed by atoms with van der Waals surface area (Å²) < 4.78 is 94.9. The lowest BCUT2D eigenvalue weighted by Crippen LogP contribution is -2.66. The number of nitrogens with zero attached hydrogens (tertiary/aromatic N) is 1. The van der Waals surface area contributed by atoms with Gasteiger partial charge in [-0.25, -0.2) is 6.57 Å². The lowest BCUT2D eigenvalue weighted by atomic mass is 9.96. The van der Waals surface area contributed by atoms with Crippen LogP contribution in [0.5, 0.6) is 0 Å². The zero-order chi connectivity index (χ0) is 61.7. The third kappa shape index (κ3) is 46.1. The summed E-state index contributed by atoms with van der Waals surface area (Å²) in [5.74, 6) is -1.46. The van der Waals surface area contributed by atoms with Crippen LogP contribution >= 0.6 is 35.7 Å². The van der Waals surface area contributed by atoms with Crippen LogP contribution in [0.2, 0.25) is 0 Å². The quantitative estimate of drug-likeness (QED) is 0.0278. The zero-order valence-corrected chi connectivity index (χ0v) is 52.9. The van der Waals surface area contributed by atoms with Gasteiger partial charge in [0.2, 0.25) is 5.91 Å². The lowest BCUT2D eigenvalue weighted by Gasteiger charge is -2.44. The molecule has 1 aliphatic rings. The minimum atomic E-state index is -1.20. The van der Waals surface area contributed by atoms with Gasteiger partial charge in [-0.2, -0.15) is 0 Å². The second-order valence-corrected chi connectivity index (χ2v) is 22.7. The number of ether oxygens (including phenoxy) is 17. The van der Waals surface area contributed by atoms with E-state index in [9.17, 15) is 28.8 Å². The zero-order valence-electron chi connectivity index (χ0n) is 50.4. The minimum Gasteiger partial charge on any atom is -0.463 e. The van der Waals surface area contributed by atoms with Gasteiger partial charge in [0.25, 0.3) is 4.87 Å². The van der Waals surface area contributed by atoms with E-state index in [0.29, 0.717) is 190 Å². The molecule has 0 bridgehead atoms. The van der Waals surface area contributed by atoms with Gasteiger partial charge in [-0.1, -0.05) is 32.0 Å². The van der Waals surface area contributed by atoms with Crippen LogP contribution in [0.4, 0.5) is 0 Å². The van der Waals surface area contributed by atoms with E-state index in [1.54, 1.807) is 11.8 Å². The molecule has 1 saturated heterocycles. The number of nitrogens with one attached hydrogen (secondary N) is 1. The molecule has 0 spiro atoms. The largest absolute Gasteiger partial charge is 0.463 e. The van der Waals surface area contributed by atoms with E-state index in [4.69, 9.17) is 99.3 Å². The molecule has 6 atom stereocenters. The molecule has 1 amide bonds. The van der Waals surface area contributed by atoms with Crippen LogP contribution < -0.4 is 5.32 Å². The minimum absolute atomic E-state index is 0.00494. The van der Waals surface area contributed by atoms with E-state index < -0.39 is 59.3 Å². The van der Waals surface area contributed by atoms with Crippen molar-refractivity contribution in [2.75, 3.05) is 178 Å². The van der Waals surface area contributed by atoms with E-state index in [1.807, 2.05) is 13.8 Å². The lowest BCUT2D eigenvalue weighted by molar-refractivity contribution is -0.277. The number of thiocarbonyl (C=S) groups is 1. The van der Waals surface area contributed by atoms with Crippen molar-refractivity contribution in [2.24, 2.45) is 0 Å². The maximum absolute atomic E-state index is 12.3. The predicted octanol–water partition coefficient (Wildman–Crippen LogP) is 4.91. The predicted molar refractivity (Wildman–Crippen MR) is 315 cm³/mol. The number of amides is 1. The maximum atomic E-state index is 12.3. The van der Waals surface area contributed by atoms with Crippen LogP contribution in [-0.4, -0.2) is 252 Å². The Kier molecular flexibility index (Phi) is 50.9. The van der Waals surface area contributed by atoms with E-state index in [0.717, 1.165) is 22.1 Å². The number of rotatable bonds is 57. The second-order valence-electron chi connectivity index (χ2n) is 18.8. The molecule has 28 heteroatoms. The fraction of sp³-hybridized carbons (Fsp3) is 0.857. The number of hydrogen-bond donors (Lipinski definition) is 1. The van der Waals surface area contributed by atoms with Crippen molar-refractivity contribution in [1.82, 2.24) is 5.32 Å². The highest BCUT2D eigenvalue weighted by Crippen LogP contribution is 2.36. The summed E-state index contributed by atoms with van der Waals surface area (Å²) in [6.45, 7) is 26.0. The Morgan fingerprint density at radius 1 is 0.524 bits per heavy atom. The summed E-state index contributed by atoms with van der Waals surface area (Å²) in [5.41, 5.74) is 0. The van der Waals surface area contributed by atoms with Crippen molar-refractivity contribution in [2.45, 2.75) is 135 Å². The first-order valence-electron chi connectivity index (χ1n) is 28.8. The van der Waals surface area contributed by atoms with Gasteiger partial charge in [0.05, 0.1) is 145 Å². The first-order valence-corrected chi connectivity index (χ1v) is 31.0. The Balaban J connectivity index is 1.85. The smallest absolute Gasteiger partial charge is 0.303 e. The van der Waals surface area contributed by atoms with Crippen molar-refractivity contribution in [3.63, 3.8) is 0 Å². The van der Waals surface area contributed by atoms with Gasteiger partial charge < -0.3 is 85.8 Å². The average Bonchev–Trinajstić information content (AvgIpc) is 3.65. The first-order chi connectivity index (χ1) is 40.6. The molecule has 486 valence electrons. The number of carbonyl (C=O) groups is 6. The van der Waals surface area contributed by atoms with Crippen molar-refractivity contribution in [3.05, 3.63) is 11.4 Å². The summed E-state index contributed by atoms with van der Waals surface area (Å²) >= 11 is 8.24. The second kappa shape index (κ2) is 54.1. The molecule has 1 heterocycles. The van der Waals surface area contributed by atoms with Gasteiger partial charge in [0, 0.05) is 73.5 Å². The topological polar surface area (TPSA) is 276 Å². The molecule has 0 saturated carbocycles. The van der Waals surface area contributed by atoms with Gasteiger partial charge in [0.15, 0.2) is 24.3 Å². The maximum Gasteiger partial charge on any atom is 0.303 e. The van der Waals surface area contributed by atoms with E-state index in [1.165, 1.54) is 39.5 Å². The van der Waals surface area contributed by atoms with Crippen molar-refractivity contribution >= 4 is 74.7 Å². The summed E-state index contributed by atoms with van der Waals surface area (Å²) in [7, 11) is 0. The Morgan fingerprint density at radius 3 is 1.36 bits per heavy atom. The fourth-order valence-electron chi connectivity index (χ4n) is 7.41. The number of carbonyl (C=O) groups excluding carboxylic acids is 6. The summed E-state index contributed by atoms with van der Waals surface area (Å²) in [6, 6.07) is -1.03. The summed E-state index contributed by atoms with van der Waals surface area (Å²) in [5, 5.41) is 2.67. The van der Waals surface area contributed by atoms with Crippen molar-refractivity contribution in [3.8, 4) is 0 Å². The van der Waals surface area contributed by atoms with E-state index in [2.05, 4.69) is 10.2 Å². The number of Topliss-reactive ketones (excluding diaryl/α,β-unsaturated/α-hetero) is 2. The number of thioether (sulfide) groups is 2. The number of unbranched alkanes of at least 4 members (excludes halogenated alkanes) is 3. The van der Waals surface area contributed by atoms with Crippen LogP contribution in [0.25, 0.3) is 4.85 Å². The van der Waals surface area contributed by atoms with Crippen LogP contribution in [0.15, 0.2) is 0 Å². The Morgan fingerprint density at radius 2 is 0.940 bits per heavy atom. The summed E-state index contributed by atoms with van der Waals surface area (Å²) in [6.07, 6.45) is 0.451. The van der Waals surface area contributed by atoms with Gasteiger partial charge in [-0.15, -0.1) is 11.8 Å². The van der Waals surface area contributed by atoms with Crippen LogP contribution in [-0.2, 0) is 109 Å². The Bertz CT molecular complexity index is 1800. The van der Waals surface area contributed by atoms with Crippen LogP contribution in [0.1, 0.15) is 99.3 Å². The van der Waals surface area contributed by atoms with Gasteiger partial charge >= 0.3 is 17.9 Å². The van der Waals surface area contributed by atoms with Gasteiger partial charge in [0.1, 0.15) is 34.7 Å². The number of ketones is 2. The highest BCUT2D eigenvalue weighted by molar-refractivity contribution is 8.47. The van der Waals surface area contributed by atoms with Gasteiger partial charge in [-0.3, -0.25) is 33.6 Å². The third-order valence-electron chi connectivity index (χ3n) is 11.5. The molecule has 1 aliphatic heterocycles. The van der Waals surface area contributed by atoms with Crippen molar-refractivity contribution < 1.29 is 109 Å². The highest BCUT2D eigenvalue weighted by atomic mass is 32.2. The molecular weight excluding hydrogens is 1160 g/mol. The van der Waals surface area contributed by atoms with E-state index in [-0.39, 0.29) is 38.0 Å². The standard InChI is InChI=1S/C56H96N2O23S3/c1-8-83-55(82)84-56(6,57-7)17-16-48(63)15-13-18-65-20-21-66-22-23-67-24-25-68-26-27-69-28-29-70-30-31-71-32-33-72-34-35-73-36-37-74-38-39-75-40-41-76-42-49(64)14-11-9-10-12-19-77-54-51(58-44(2)59)53(80-47(5)62)52(79-46(4)61)50(81-54)43-78-45(3)60/h50-54H,8-43H2,1-6H3,(H,58,59)/t50-,51-,52+,53-,54-,56?/m1/s1. The van der Waals surface area contributed by atoms with Crippen molar-refractivity contribution in [1.29, 1.82) is 0 Å². The molecule has 0 radical (unpaired) electrons. The molecule has 1 unspecified atom stereocenters. The molecule has 84 heavy (non-hydrogen) atoms. The van der Waals surface area contributed by atoms with Crippen LogP contribution in [0, 0.1) is 6.57 Å². The summed E-state index contributed by atoms with van der Waals surface area (Å²) in [4.78, 5) is 75.2. The number of hydrogen-bond acceptors (Lipinski definition) is 26. The highest BCUT2D eigenvalue weighted by Gasteiger charge is 2.51.